The van der Waals surface area contributed by atoms with E-state index in [1.165, 1.54) is 0 Å². The van der Waals surface area contributed by atoms with Gasteiger partial charge in [0.25, 0.3) is 5.91 Å². The number of hydrazine groups is 1. The Labute approximate surface area is 210 Å². The molecule has 192 valence electrons. The molecule has 1 aliphatic carbocycles. The molecule has 2 aromatic rings. The van der Waals surface area contributed by atoms with Crippen LogP contribution in [0.3, 0.4) is 0 Å². The van der Waals surface area contributed by atoms with Crippen molar-refractivity contribution in [3.8, 4) is 11.1 Å². The van der Waals surface area contributed by atoms with E-state index < -0.39 is 30.0 Å². The minimum Gasteiger partial charge on any atom is -0.473 e. The number of amides is 2. The van der Waals surface area contributed by atoms with Crippen LogP contribution in [0.2, 0.25) is 0 Å². The standard InChI is InChI=1S/C27H32N2O7/c1-2-3-4-5-6-7-16-23(36-26(33)25(31)32)24(30)28-29-27(34)35-17-22-20-14-10-8-12-18(20)19-13-9-11-15-21(19)22/h8-15,22-23H,2-7,16-17H2,1H3,(H,28,30)(H,29,34)(H,31,32). The lowest BCUT2D eigenvalue weighted by atomic mass is 9.98. The van der Waals surface area contributed by atoms with E-state index in [9.17, 15) is 19.2 Å². The minimum absolute atomic E-state index is 0.0604. The molecule has 0 saturated carbocycles. The third kappa shape index (κ3) is 7.07. The number of unbranched alkanes of at least 4 members (excludes halogenated alkanes) is 5. The summed E-state index contributed by atoms with van der Waals surface area (Å²) in [5.74, 6) is -4.29. The fraction of sp³-hybridized carbons (Fsp3) is 0.407. The van der Waals surface area contributed by atoms with Crippen LogP contribution in [0.25, 0.3) is 11.1 Å². The van der Waals surface area contributed by atoms with Crippen molar-refractivity contribution >= 4 is 23.9 Å². The number of carboxylic acid groups (broad SMARTS) is 1. The van der Waals surface area contributed by atoms with Gasteiger partial charge < -0.3 is 14.6 Å². The highest BCUT2D eigenvalue weighted by atomic mass is 16.6. The Bertz CT molecular complexity index is 1040. The molecule has 1 aliphatic rings. The number of fused-ring (bicyclic) bond motifs is 3. The first kappa shape index (κ1) is 26.7. The number of nitrogens with one attached hydrogen (secondary N) is 2. The van der Waals surface area contributed by atoms with Gasteiger partial charge in [0.2, 0.25) is 0 Å². The minimum atomic E-state index is -1.79. The van der Waals surface area contributed by atoms with Gasteiger partial charge in [-0.15, -0.1) is 0 Å². The van der Waals surface area contributed by atoms with E-state index in [4.69, 9.17) is 14.6 Å². The van der Waals surface area contributed by atoms with Crippen LogP contribution in [-0.2, 0) is 23.9 Å². The van der Waals surface area contributed by atoms with Crippen molar-refractivity contribution in [1.29, 1.82) is 0 Å². The van der Waals surface area contributed by atoms with Crippen LogP contribution in [0.4, 0.5) is 4.79 Å². The van der Waals surface area contributed by atoms with Crippen LogP contribution in [0.1, 0.15) is 68.9 Å². The second kappa shape index (κ2) is 13.3. The van der Waals surface area contributed by atoms with Crippen LogP contribution >= 0.6 is 0 Å². The number of ether oxygens (including phenoxy) is 2. The van der Waals surface area contributed by atoms with E-state index in [-0.39, 0.29) is 18.9 Å². The summed E-state index contributed by atoms with van der Waals surface area (Å²) in [5, 5.41) is 8.82. The Morgan fingerprint density at radius 1 is 0.861 bits per heavy atom. The van der Waals surface area contributed by atoms with E-state index in [1.807, 2.05) is 48.5 Å². The van der Waals surface area contributed by atoms with Crippen molar-refractivity contribution in [1.82, 2.24) is 10.9 Å². The first-order chi connectivity index (χ1) is 17.4. The number of hydrogen-bond donors (Lipinski definition) is 3. The van der Waals surface area contributed by atoms with Gasteiger partial charge in [0.1, 0.15) is 6.61 Å². The van der Waals surface area contributed by atoms with Crippen LogP contribution in [-0.4, -0.2) is 41.8 Å². The number of esters is 1. The largest absolute Gasteiger partial charge is 0.473 e. The summed E-state index contributed by atoms with van der Waals surface area (Å²) < 4.78 is 10.2. The Kier molecular flexibility index (Phi) is 9.85. The summed E-state index contributed by atoms with van der Waals surface area (Å²) >= 11 is 0. The summed E-state index contributed by atoms with van der Waals surface area (Å²) in [7, 11) is 0. The van der Waals surface area contributed by atoms with Crippen LogP contribution in [0.5, 0.6) is 0 Å². The molecule has 2 amide bonds. The molecule has 36 heavy (non-hydrogen) atoms. The van der Waals surface area contributed by atoms with E-state index in [0.29, 0.717) is 6.42 Å². The SMILES string of the molecule is CCCCCCCCC(OC(=O)C(=O)O)C(=O)NNC(=O)OCC1c2ccccc2-c2ccccc21. The molecule has 2 aromatic carbocycles. The predicted octanol–water partition coefficient (Wildman–Crippen LogP) is 4.30. The molecule has 9 nitrogen and oxygen atoms in total. The van der Waals surface area contributed by atoms with Crippen molar-refractivity contribution in [2.45, 2.75) is 63.9 Å². The molecule has 0 bridgehead atoms. The van der Waals surface area contributed by atoms with Crippen molar-refractivity contribution in [2.75, 3.05) is 6.61 Å². The van der Waals surface area contributed by atoms with E-state index in [2.05, 4.69) is 17.8 Å². The fourth-order valence-electron chi connectivity index (χ4n) is 4.36. The topological polar surface area (TPSA) is 131 Å². The first-order valence-electron chi connectivity index (χ1n) is 12.3. The number of rotatable bonds is 11. The number of hydrogen-bond acceptors (Lipinski definition) is 6. The number of carbonyl (C=O) groups is 4. The van der Waals surface area contributed by atoms with Gasteiger partial charge in [0.05, 0.1) is 0 Å². The molecule has 3 N–H and O–H groups in total. The van der Waals surface area contributed by atoms with Gasteiger partial charge in [0.15, 0.2) is 6.10 Å². The molecule has 1 atom stereocenters. The monoisotopic (exact) mass is 496 g/mol. The summed E-state index contributed by atoms with van der Waals surface area (Å²) in [4.78, 5) is 47.2. The Morgan fingerprint density at radius 3 is 2.06 bits per heavy atom. The summed E-state index contributed by atoms with van der Waals surface area (Å²) in [6, 6.07) is 15.8. The van der Waals surface area contributed by atoms with Crippen LogP contribution < -0.4 is 10.9 Å². The molecule has 0 aromatic heterocycles. The maximum atomic E-state index is 12.5. The van der Waals surface area contributed by atoms with Gasteiger partial charge in [-0.1, -0.05) is 87.6 Å². The molecule has 9 heteroatoms. The predicted molar refractivity (Wildman–Crippen MR) is 132 cm³/mol. The number of benzene rings is 2. The van der Waals surface area contributed by atoms with Gasteiger partial charge in [-0.2, -0.15) is 0 Å². The first-order valence-corrected chi connectivity index (χ1v) is 12.3. The third-order valence-corrected chi connectivity index (χ3v) is 6.17. The van der Waals surface area contributed by atoms with E-state index in [1.54, 1.807) is 0 Å². The third-order valence-electron chi connectivity index (χ3n) is 6.17. The second-order valence-electron chi connectivity index (χ2n) is 8.70. The molecule has 0 heterocycles. The maximum absolute atomic E-state index is 12.5. The molecule has 0 aliphatic heterocycles. The zero-order chi connectivity index (χ0) is 25.9. The van der Waals surface area contributed by atoms with Crippen LogP contribution in [0.15, 0.2) is 48.5 Å². The number of carboxylic acids is 1. The smallest absolute Gasteiger partial charge is 0.426 e. The molecule has 0 spiro atoms. The number of aliphatic carboxylic acids is 1. The van der Waals surface area contributed by atoms with Crippen molar-refractivity contribution < 1.29 is 33.8 Å². The van der Waals surface area contributed by atoms with Gasteiger partial charge in [0, 0.05) is 5.92 Å². The molecule has 1 unspecified atom stereocenters. The number of carbonyl (C=O) groups excluding carboxylic acids is 3. The Hall–Kier alpha value is -3.88. The van der Waals surface area contributed by atoms with E-state index in [0.717, 1.165) is 54.4 Å². The van der Waals surface area contributed by atoms with Gasteiger partial charge in [-0.3, -0.25) is 10.2 Å². The van der Waals surface area contributed by atoms with Gasteiger partial charge in [-0.05, 0) is 35.1 Å². The van der Waals surface area contributed by atoms with Crippen LogP contribution in [0, 0.1) is 0 Å². The normalized spacial score (nSPS) is 12.7. The quantitative estimate of drug-likeness (QED) is 0.183. The molecular weight excluding hydrogens is 464 g/mol. The molecule has 3 rings (SSSR count). The van der Waals surface area contributed by atoms with Crippen molar-refractivity contribution in [3.63, 3.8) is 0 Å². The summed E-state index contributed by atoms with van der Waals surface area (Å²) in [5.41, 5.74) is 8.61. The highest BCUT2D eigenvalue weighted by molar-refractivity contribution is 6.29. The molecular formula is C27H32N2O7. The Morgan fingerprint density at radius 2 is 1.44 bits per heavy atom. The highest BCUT2D eigenvalue weighted by Gasteiger charge is 2.30. The summed E-state index contributed by atoms with van der Waals surface area (Å²) in [6.45, 7) is 2.17. The van der Waals surface area contributed by atoms with Gasteiger partial charge >= 0.3 is 18.0 Å². The van der Waals surface area contributed by atoms with Crippen molar-refractivity contribution in [2.24, 2.45) is 0 Å². The second-order valence-corrected chi connectivity index (χ2v) is 8.70. The van der Waals surface area contributed by atoms with Crippen molar-refractivity contribution in [3.05, 3.63) is 59.7 Å². The maximum Gasteiger partial charge on any atom is 0.426 e. The Balaban J connectivity index is 1.51. The fourth-order valence-corrected chi connectivity index (χ4v) is 4.36. The molecule has 0 fully saturated rings. The lowest BCUT2D eigenvalue weighted by Gasteiger charge is -2.18. The average molecular weight is 497 g/mol. The molecule has 0 radical (unpaired) electrons. The zero-order valence-electron chi connectivity index (χ0n) is 20.3. The van der Waals surface area contributed by atoms with Gasteiger partial charge in [-0.25, -0.2) is 19.8 Å². The highest BCUT2D eigenvalue weighted by Crippen LogP contribution is 2.44. The summed E-state index contributed by atoms with van der Waals surface area (Å²) in [6.07, 6.45) is 3.54. The average Bonchev–Trinajstić information content (AvgIpc) is 3.20. The lowest BCUT2D eigenvalue weighted by Crippen LogP contribution is -2.48. The van der Waals surface area contributed by atoms with E-state index >= 15 is 0 Å². The zero-order valence-corrected chi connectivity index (χ0v) is 20.3. The molecule has 0 saturated heterocycles. The lowest BCUT2D eigenvalue weighted by molar-refractivity contribution is -0.170.